The zero-order chi connectivity index (χ0) is 19.1. The Balaban J connectivity index is 1.98. The van der Waals surface area contributed by atoms with E-state index >= 15 is 0 Å². The summed E-state index contributed by atoms with van der Waals surface area (Å²) < 4.78 is 0. The molecule has 0 aliphatic carbocycles. The average molecular weight is 396 g/mol. The Bertz CT molecular complexity index is 1270. The second-order valence-corrected chi connectivity index (χ2v) is 6.81. The number of phenolic OH excluding ortho intramolecular Hbond substituents is 2. The molecule has 132 valence electrons. The van der Waals surface area contributed by atoms with Crippen molar-refractivity contribution in [1.29, 1.82) is 5.26 Å². The molecule has 1 aromatic heterocycles. The molecule has 27 heavy (non-hydrogen) atoms. The number of aromatic hydroxyl groups is 2. The van der Waals surface area contributed by atoms with E-state index in [4.69, 9.17) is 23.2 Å². The van der Waals surface area contributed by atoms with Gasteiger partial charge in [0.1, 0.15) is 6.07 Å². The number of fused-ring (bicyclic) bond motifs is 2. The van der Waals surface area contributed by atoms with E-state index in [0.29, 0.717) is 48.7 Å². The number of phenols is 2. The Morgan fingerprint density at radius 2 is 1.67 bits per heavy atom. The molecular formula is C20H11Cl2N3O2. The first-order chi connectivity index (χ1) is 13.0. The van der Waals surface area contributed by atoms with Crippen LogP contribution in [0.2, 0.25) is 10.0 Å². The standard InChI is InChI=1S/C20H11Cl2N3O2/c21-13-1-2-16(15(22)7-13)25-20-12(8-23)9-24-17-4-11-6-19(27)18(26)5-10(11)3-14(17)20/h1-7,9,26-27H,(H,24,25). The van der Waals surface area contributed by atoms with Gasteiger partial charge in [-0.3, -0.25) is 4.98 Å². The molecule has 0 saturated heterocycles. The van der Waals surface area contributed by atoms with Gasteiger partial charge in [-0.2, -0.15) is 5.26 Å². The molecule has 4 aromatic rings. The number of benzene rings is 3. The van der Waals surface area contributed by atoms with Gasteiger partial charge in [-0.05, 0) is 53.2 Å². The van der Waals surface area contributed by atoms with Crippen LogP contribution in [0.3, 0.4) is 0 Å². The van der Waals surface area contributed by atoms with Crippen molar-refractivity contribution in [3.05, 3.63) is 64.3 Å². The molecule has 0 aliphatic heterocycles. The van der Waals surface area contributed by atoms with Crippen molar-refractivity contribution in [1.82, 2.24) is 4.98 Å². The van der Waals surface area contributed by atoms with Gasteiger partial charge in [0, 0.05) is 16.6 Å². The molecule has 0 saturated carbocycles. The Morgan fingerprint density at radius 1 is 0.963 bits per heavy atom. The summed E-state index contributed by atoms with van der Waals surface area (Å²) in [7, 11) is 0. The number of anilines is 2. The zero-order valence-corrected chi connectivity index (χ0v) is 15.2. The molecule has 0 unspecified atom stereocenters. The van der Waals surface area contributed by atoms with Crippen LogP contribution in [0.25, 0.3) is 21.7 Å². The molecule has 0 fully saturated rings. The third-order valence-electron chi connectivity index (χ3n) is 4.23. The van der Waals surface area contributed by atoms with Crippen LogP contribution in [0.5, 0.6) is 11.5 Å². The molecule has 0 bridgehead atoms. The first-order valence-corrected chi connectivity index (χ1v) is 8.62. The molecule has 0 aliphatic rings. The number of aromatic nitrogens is 1. The predicted octanol–water partition coefficient (Wildman–Crippen LogP) is 5.72. The maximum atomic E-state index is 9.79. The number of nitrogens with one attached hydrogen (secondary N) is 1. The summed E-state index contributed by atoms with van der Waals surface area (Å²) in [6, 6.07) is 13.7. The summed E-state index contributed by atoms with van der Waals surface area (Å²) in [5, 5.41) is 35.2. The van der Waals surface area contributed by atoms with Crippen molar-refractivity contribution in [2.75, 3.05) is 5.32 Å². The Kier molecular flexibility index (Phi) is 4.15. The number of hydrogen-bond donors (Lipinski definition) is 3. The summed E-state index contributed by atoms with van der Waals surface area (Å²) >= 11 is 12.2. The summed E-state index contributed by atoms with van der Waals surface area (Å²) in [6.07, 6.45) is 1.47. The van der Waals surface area contributed by atoms with Gasteiger partial charge in [0.05, 0.1) is 27.5 Å². The third-order valence-corrected chi connectivity index (χ3v) is 4.78. The lowest BCUT2D eigenvalue weighted by Crippen LogP contribution is -1.97. The van der Waals surface area contributed by atoms with Gasteiger partial charge in [0.15, 0.2) is 11.5 Å². The molecule has 5 nitrogen and oxygen atoms in total. The minimum absolute atomic E-state index is 0.207. The van der Waals surface area contributed by atoms with Crippen molar-refractivity contribution in [3.63, 3.8) is 0 Å². The van der Waals surface area contributed by atoms with Gasteiger partial charge in [0.2, 0.25) is 0 Å². The molecule has 7 heteroatoms. The Morgan fingerprint density at radius 3 is 2.33 bits per heavy atom. The molecule has 3 aromatic carbocycles. The maximum absolute atomic E-state index is 9.79. The fourth-order valence-electron chi connectivity index (χ4n) is 2.91. The van der Waals surface area contributed by atoms with E-state index < -0.39 is 0 Å². The van der Waals surface area contributed by atoms with Crippen LogP contribution in [0, 0.1) is 11.3 Å². The lowest BCUT2D eigenvalue weighted by molar-refractivity contribution is 0.405. The molecule has 0 radical (unpaired) electrons. The van der Waals surface area contributed by atoms with Crippen LogP contribution in [-0.4, -0.2) is 15.2 Å². The number of nitrogens with zero attached hydrogens (tertiary/aromatic N) is 2. The van der Waals surface area contributed by atoms with Crippen LogP contribution in [0.4, 0.5) is 11.4 Å². The van der Waals surface area contributed by atoms with Gasteiger partial charge in [-0.25, -0.2) is 0 Å². The van der Waals surface area contributed by atoms with E-state index in [1.165, 1.54) is 18.3 Å². The fourth-order valence-corrected chi connectivity index (χ4v) is 3.37. The van der Waals surface area contributed by atoms with Crippen LogP contribution < -0.4 is 5.32 Å². The van der Waals surface area contributed by atoms with Gasteiger partial charge >= 0.3 is 0 Å². The highest BCUT2D eigenvalue weighted by molar-refractivity contribution is 6.36. The lowest BCUT2D eigenvalue weighted by Gasteiger charge is -2.14. The zero-order valence-electron chi connectivity index (χ0n) is 13.7. The van der Waals surface area contributed by atoms with Crippen LogP contribution in [0.15, 0.2) is 48.7 Å². The number of halogens is 2. The summed E-state index contributed by atoms with van der Waals surface area (Å²) in [5.74, 6) is -0.428. The van der Waals surface area contributed by atoms with Crippen LogP contribution in [-0.2, 0) is 0 Å². The van der Waals surface area contributed by atoms with E-state index in [-0.39, 0.29) is 11.5 Å². The highest BCUT2D eigenvalue weighted by Crippen LogP contribution is 2.37. The highest BCUT2D eigenvalue weighted by Gasteiger charge is 2.13. The van der Waals surface area contributed by atoms with Gasteiger partial charge < -0.3 is 15.5 Å². The van der Waals surface area contributed by atoms with Crippen LogP contribution >= 0.6 is 23.2 Å². The van der Waals surface area contributed by atoms with Crippen molar-refractivity contribution in [3.8, 4) is 17.6 Å². The predicted molar refractivity (Wildman–Crippen MR) is 107 cm³/mol. The molecule has 4 rings (SSSR count). The third kappa shape index (κ3) is 3.06. The fraction of sp³-hybridized carbons (Fsp3) is 0. The highest BCUT2D eigenvalue weighted by atomic mass is 35.5. The topological polar surface area (TPSA) is 89.2 Å². The first kappa shape index (κ1) is 17.2. The summed E-state index contributed by atoms with van der Waals surface area (Å²) in [4.78, 5) is 4.33. The molecule has 0 spiro atoms. The molecule has 3 N–H and O–H groups in total. The summed E-state index contributed by atoms with van der Waals surface area (Å²) in [5.41, 5.74) is 2.11. The Hall–Kier alpha value is -3.20. The second kappa shape index (κ2) is 6.51. The largest absolute Gasteiger partial charge is 0.504 e. The SMILES string of the molecule is N#Cc1cnc2cc3cc(O)c(O)cc3cc2c1Nc1ccc(Cl)cc1Cl. The van der Waals surface area contributed by atoms with E-state index in [1.807, 2.05) is 0 Å². The lowest BCUT2D eigenvalue weighted by atomic mass is 10.0. The van der Waals surface area contributed by atoms with Gasteiger partial charge in [-0.15, -0.1) is 0 Å². The average Bonchev–Trinajstić information content (AvgIpc) is 2.64. The minimum Gasteiger partial charge on any atom is -0.504 e. The first-order valence-electron chi connectivity index (χ1n) is 7.87. The van der Waals surface area contributed by atoms with Crippen molar-refractivity contribution in [2.45, 2.75) is 0 Å². The molecule has 1 heterocycles. The molecule has 0 amide bonds. The number of rotatable bonds is 2. The van der Waals surface area contributed by atoms with Gasteiger partial charge in [-0.1, -0.05) is 23.2 Å². The quantitative estimate of drug-likeness (QED) is 0.298. The smallest absolute Gasteiger partial charge is 0.158 e. The van der Waals surface area contributed by atoms with Crippen molar-refractivity contribution < 1.29 is 10.2 Å². The number of pyridine rings is 1. The maximum Gasteiger partial charge on any atom is 0.158 e. The monoisotopic (exact) mass is 395 g/mol. The normalized spacial score (nSPS) is 10.9. The molecule has 0 atom stereocenters. The second-order valence-electron chi connectivity index (χ2n) is 5.97. The van der Waals surface area contributed by atoms with E-state index in [1.54, 1.807) is 30.3 Å². The van der Waals surface area contributed by atoms with Crippen molar-refractivity contribution in [2.24, 2.45) is 0 Å². The van der Waals surface area contributed by atoms with E-state index in [0.717, 1.165) is 0 Å². The number of nitriles is 1. The minimum atomic E-state index is -0.221. The van der Waals surface area contributed by atoms with Crippen LogP contribution in [0.1, 0.15) is 5.56 Å². The van der Waals surface area contributed by atoms with E-state index in [9.17, 15) is 15.5 Å². The molecular weight excluding hydrogens is 385 g/mol. The Labute approximate surface area is 164 Å². The van der Waals surface area contributed by atoms with E-state index in [2.05, 4.69) is 16.4 Å². The van der Waals surface area contributed by atoms with Crippen molar-refractivity contribution >= 4 is 56.3 Å². The number of hydrogen-bond acceptors (Lipinski definition) is 5. The van der Waals surface area contributed by atoms with Gasteiger partial charge in [0.25, 0.3) is 0 Å². The summed E-state index contributed by atoms with van der Waals surface area (Å²) in [6.45, 7) is 0.